The number of hydrogen-bond donors (Lipinski definition) is 1. The van der Waals surface area contributed by atoms with Crippen molar-refractivity contribution >= 4 is 0 Å². The molecule has 1 nitrogen and oxygen atoms in total. The van der Waals surface area contributed by atoms with Crippen LogP contribution in [-0.4, -0.2) is 12.6 Å². The molecule has 3 unspecified atom stereocenters. The second-order valence-electron chi connectivity index (χ2n) is 5.11. The van der Waals surface area contributed by atoms with Gasteiger partial charge in [-0.15, -0.1) is 0 Å². The SMILES string of the molecule is CCNC(CC(C)CC)C(C)c1ccccc1. The quantitative estimate of drug-likeness (QED) is 0.744. The van der Waals surface area contributed by atoms with E-state index in [2.05, 4.69) is 63.3 Å². The molecule has 0 aliphatic carbocycles. The van der Waals surface area contributed by atoms with Crippen molar-refractivity contribution in [2.24, 2.45) is 5.92 Å². The second kappa shape index (κ2) is 7.50. The van der Waals surface area contributed by atoms with Gasteiger partial charge in [0, 0.05) is 6.04 Å². The highest BCUT2D eigenvalue weighted by Crippen LogP contribution is 2.24. The Balaban J connectivity index is 2.69. The van der Waals surface area contributed by atoms with Gasteiger partial charge in [-0.1, -0.05) is 64.4 Å². The number of nitrogens with one attached hydrogen (secondary N) is 1. The van der Waals surface area contributed by atoms with Crippen molar-refractivity contribution in [1.82, 2.24) is 5.32 Å². The van der Waals surface area contributed by atoms with Crippen LogP contribution in [0.15, 0.2) is 30.3 Å². The van der Waals surface area contributed by atoms with Crippen LogP contribution in [0.1, 0.15) is 52.0 Å². The highest BCUT2D eigenvalue weighted by molar-refractivity contribution is 5.20. The third-order valence-electron chi connectivity index (χ3n) is 3.75. The zero-order chi connectivity index (χ0) is 12.7. The van der Waals surface area contributed by atoms with Crippen LogP contribution in [0, 0.1) is 5.92 Å². The summed E-state index contributed by atoms with van der Waals surface area (Å²) >= 11 is 0. The Hall–Kier alpha value is -0.820. The molecule has 1 N–H and O–H groups in total. The Morgan fingerprint density at radius 1 is 1.06 bits per heavy atom. The van der Waals surface area contributed by atoms with Gasteiger partial charge in [0.05, 0.1) is 0 Å². The lowest BCUT2D eigenvalue weighted by molar-refractivity contribution is 0.362. The molecule has 1 aromatic carbocycles. The summed E-state index contributed by atoms with van der Waals surface area (Å²) < 4.78 is 0. The first-order valence-electron chi connectivity index (χ1n) is 6.97. The van der Waals surface area contributed by atoms with Crippen LogP contribution in [0.3, 0.4) is 0 Å². The predicted molar refractivity (Wildman–Crippen MR) is 76.4 cm³/mol. The van der Waals surface area contributed by atoms with Crippen LogP contribution in [0.4, 0.5) is 0 Å². The average Bonchev–Trinajstić information content (AvgIpc) is 2.38. The van der Waals surface area contributed by atoms with Crippen molar-refractivity contribution in [1.29, 1.82) is 0 Å². The fourth-order valence-electron chi connectivity index (χ4n) is 2.32. The molecule has 1 aromatic rings. The topological polar surface area (TPSA) is 12.0 Å². The molecule has 0 bridgehead atoms. The monoisotopic (exact) mass is 233 g/mol. The molecule has 0 aliphatic heterocycles. The number of hydrogen-bond acceptors (Lipinski definition) is 1. The van der Waals surface area contributed by atoms with Gasteiger partial charge < -0.3 is 5.32 Å². The molecule has 0 heterocycles. The molecule has 0 spiro atoms. The van der Waals surface area contributed by atoms with E-state index in [1.165, 1.54) is 18.4 Å². The summed E-state index contributed by atoms with van der Waals surface area (Å²) in [4.78, 5) is 0. The van der Waals surface area contributed by atoms with E-state index in [1.807, 2.05) is 0 Å². The summed E-state index contributed by atoms with van der Waals surface area (Å²) in [5.74, 6) is 1.38. The van der Waals surface area contributed by atoms with Gasteiger partial charge in [-0.05, 0) is 30.4 Å². The van der Waals surface area contributed by atoms with Gasteiger partial charge in [0.2, 0.25) is 0 Å². The van der Waals surface area contributed by atoms with Gasteiger partial charge in [0.15, 0.2) is 0 Å². The van der Waals surface area contributed by atoms with Crippen molar-refractivity contribution < 1.29 is 0 Å². The summed E-state index contributed by atoms with van der Waals surface area (Å²) in [5.41, 5.74) is 1.45. The Bertz CT molecular complexity index is 294. The third-order valence-corrected chi connectivity index (χ3v) is 3.75. The highest BCUT2D eigenvalue weighted by Gasteiger charge is 2.19. The molecule has 0 aromatic heterocycles. The highest BCUT2D eigenvalue weighted by atomic mass is 14.9. The molecule has 0 radical (unpaired) electrons. The summed E-state index contributed by atoms with van der Waals surface area (Å²) in [7, 11) is 0. The van der Waals surface area contributed by atoms with E-state index in [1.54, 1.807) is 0 Å². The smallest absolute Gasteiger partial charge is 0.0135 e. The van der Waals surface area contributed by atoms with Crippen LogP contribution in [0.2, 0.25) is 0 Å². The van der Waals surface area contributed by atoms with Crippen molar-refractivity contribution in [3.05, 3.63) is 35.9 Å². The fourth-order valence-corrected chi connectivity index (χ4v) is 2.32. The lowest BCUT2D eigenvalue weighted by atomic mass is 9.86. The second-order valence-corrected chi connectivity index (χ2v) is 5.11. The van der Waals surface area contributed by atoms with Gasteiger partial charge in [-0.3, -0.25) is 0 Å². The van der Waals surface area contributed by atoms with Gasteiger partial charge in [-0.25, -0.2) is 0 Å². The standard InChI is InChI=1S/C16H27N/c1-5-13(3)12-16(17-6-2)14(4)15-10-8-7-9-11-15/h7-11,13-14,16-17H,5-6,12H2,1-4H3. The van der Waals surface area contributed by atoms with Gasteiger partial charge in [0.1, 0.15) is 0 Å². The summed E-state index contributed by atoms with van der Waals surface area (Å²) in [6.45, 7) is 10.2. The summed E-state index contributed by atoms with van der Waals surface area (Å²) in [5, 5.41) is 3.65. The Morgan fingerprint density at radius 2 is 1.71 bits per heavy atom. The maximum atomic E-state index is 3.65. The van der Waals surface area contributed by atoms with Crippen molar-refractivity contribution in [2.45, 2.75) is 52.5 Å². The summed E-state index contributed by atoms with van der Waals surface area (Å²) in [6, 6.07) is 11.4. The van der Waals surface area contributed by atoms with E-state index in [0.29, 0.717) is 12.0 Å². The van der Waals surface area contributed by atoms with E-state index in [4.69, 9.17) is 0 Å². The maximum Gasteiger partial charge on any atom is 0.0135 e. The van der Waals surface area contributed by atoms with Crippen LogP contribution < -0.4 is 5.32 Å². The Morgan fingerprint density at radius 3 is 2.24 bits per heavy atom. The minimum absolute atomic E-state index is 0.588. The first-order chi connectivity index (χ1) is 8.19. The normalized spacial score (nSPS) is 16.5. The number of likely N-dealkylation sites (N-methyl/N-ethyl adjacent to an activating group) is 1. The number of benzene rings is 1. The van der Waals surface area contributed by atoms with Gasteiger partial charge >= 0.3 is 0 Å². The molecule has 1 rings (SSSR count). The molecular weight excluding hydrogens is 206 g/mol. The molecule has 0 aliphatic rings. The molecule has 0 saturated carbocycles. The minimum atomic E-state index is 0.588. The van der Waals surface area contributed by atoms with Crippen molar-refractivity contribution in [2.75, 3.05) is 6.54 Å². The Labute approximate surface area is 107 Å². The van der Waals surface area contributed by atoms with Crippen LogP contribution >= 0.6 is 0 Å². The number of rotatable bonds is 7. The zero-order valence-electron chi connectivity index (χ0n) is 11.7. The largest absolute Gasteiger partial charge is 0.314 e. The van der Waals surface area contributed by atoms with Crippen LogP contribution in [0.25, 0.3) is 0 Å². The van der Waals surface area contributed by atoms with E-state index in [-0.39, 0.29) is 0 Å². The van der Waals surface area contributed by atoms with E-state index in [0.717, 1.165) is 12.5 Å². The maximum absolute atomic E-state index is 3.65. The molecule has 0 fully saturated rings. The van der Waals surface area contributed by atoms with Gasteiger partial charge in [0.25, 0.3) is 0 Å². The van der Waals surface area contributed by atoms with E-state index in [9.17, 15) is 0 Å². The Kier molecular flexibility index (Phi) is 6.28. The first kappa shape index (κ1) is 14.2. The zero-order valence-corrected chi connectivity index (χ0v) is 11.7. The van der Waals surface area contributed by atoms with E-state index >= 15 is 0 Å². The first-order valence-corrected chi connectivity index (χ1v) is 6.97. The molecule has 17 heavy (non-hydrogen) atoms. The lowest BCUT2D eigenvalue weighted by Gasteiger charge is -2.27. The minimum Gasteiger partial charge on any atom is -0.314 e. The van der Waals surface area contributed by atoms with Gasteiger partial charge in [-0.2, -0.15) is 0 Å². The molecule has 3 atom stereocenters. The molecule has 96 valence electrons. The van der Waals surface area contributed by atoms with Crippen molar-refractivity contribution in [3.63, 3.8) is 0 Å². The average molecular weight is 233 g/mol. The van der Waals surface area contributed by atoms with E-state index < -0.39 is 0 Å². The fraction of sp³-hybridized carbons (Fsp3) is 0.625. The van der Waals surface area contributed by atoms with Crippen LogP contribution in [-0.2, 0) is 0 Å². The molecular formula is C16H27N. The van der Waals surface area contributed by atoms with Crippen molar-refractivity contribution in [3.8, 4) is 0 Å². The lowest BCUT2D eigenvalue weighted by Crippen LogP contribution is -2.35. The summed E-state index contributed by atoms with van der Waals surface area (Å²) in [6.07, 6.45) is 2.53. The molecule has 1 heteroatoms. The third kappa shape index (κ3) is 4.51. The predicted octanol–water partition coefficient (Wildman–Crippen LogP) is 4.20. The molecule has 0 saturated heterocycles. The van der Waals surface area contributed by atoms with Crippen LogP contribution in [0.5, 0.6) is 0 Å². The molecule has 0 amide bonds.